The summed E-state index contributed by atoms with van der Waals surface area (Å²) in [6, 6.07) is 5.73. The van der Waals surface area contributed by atoms with Crippen molar-refractivity contribution in [2.24, 2.45) is 5.73 Å². The van der Waals surface area contributed by atoms with E-state index in [2.05, 4.69) is 15.1 Å². The van der Waals surface area contributed by atoms with E-state index in [1.807, 2.05) is 25.1 Å². The Morgan fingerprint density at radius 1 is 1.44 bits per heavy atom. The maximum atomic E-state index is 5.66. The van der Waals surface area contributed by atoms with Crippen LogP contribution in [0.25, 0.3) is 11.5 Å². The van der Waals surface area contributed by atoms with Gasteiger partial charge in [0.15, 0.2) is 0 Å². The molecule has 0 amide bonds. The van der Waals surface area contributed by atoms with Crippen LogP contribution in [-0.4, -0.2) is 21.2 Å². The van der Waals surface area contributed by atoms with Crippen molar-refractivity contribution in [3.05, 3.63) is 30.3 Å². The fourth-order valence-electron chi connectivity index (χ4n) is 1.31. The maximum Gasteiger partial charge on any atom is 0.227 e. The summed E-state index contributed by atoms with van der Waals surface area (Å²) < 4.78 is 5.11. The third-order valence-electron chi connectivity index (χ3n) is 2.18. The van der Waals surface area contributed by atoms with Crippen LogP contribution in [0.3, 0.4) is 0 Å². The first kappa shape index (κ1) is 10.8. The molecule has 2 heterocycles. The van der Waals surface area contributed by atoms with Crippen LogP contribution >= 0.6 is 0 Å². The van der Waals surface area contributed by atoms with E-state index in [1.165, 1.54) is 0 Å². The minimum atomic E-state index is 0.144. The molecule has 0 spiro atoms. The van der Waals surface area contributed by atoms with E-state index in [1.54, 1.807) is 6.20 Å². The van der Waals surface area contributed by atoms with Gasteiger partial charge in [-0.25, -0.2) is 0 Å². The molecule has 84 valence electrons. The average molecular weight is 218 g/mol. The van der Waals surface area contributed by atoms with Crippen LogP contribution < -0.4 is 5.73 Å². The van der Waals surface area contributed by atoms with Gasteiger partial charge in [0.25, 0.3) is 0 Å². The molecule has 0 bridgehead atoms. The normalized spacial score (nSPS) is 12.6. The Hall–Kier alpha value is -1.75. The molecular formula is C11H14N4O. The minimum absolute atomic E-state index is 0.144. The summed E-state index contributed by atoms with van der Waals surface area (Å²) >= 11 is 0. The van der Waals surface area contributed by atoms with Crippen molar-refractivity contribution in [3.63, 3.8) is 0 Å². The number of hydrogen-bond acceptors (Lipinski definition) is 5. The lowest BCUT2D eigenvalue weighted by molar-refractivity contribution is 0.372. The highest BCUT2D eigenvalue weighted by molar-refractivity contribution is 5.46. The van der Waals surface area contributed by atoms with Crippen LogP contribution in [-0.2, 0) is 6.42 Å². The Morgan fingerprint density at radius 2 is 2.31 bits per heavy atom. The van der Waals surface area contributed by atoms with Crippen LogP contribution in [0.1, 0.15) is 19.2 Å². The third-order valence-corrected chi connectivity index (χ3v) is 2.18. The molecule has 5 nitrogen and oxygen atoms in total. The summed E-state index contributed by atoms with van der Waals surface area (Å²) in [5, 5.41) is 3.87. The molecule has 16 heavy (non-hydrogen) atoms. The smallest absolute Gasteiger partial charge is 0.227 e. The van der Waals surface area contributed by atoms with Crippen molar-refractivity contribution in [2.45, 2.75) is 25.8 Å². The van der Waals surface area contributed by atoms with E-state index < -0.39 is 0 Å². The largest absolute Gasteiger partial charge is 0.339 e. The highest BCUT2D eigenvalue weighted by Crippen LogP contribution is 2.12. The Balaban J connectivity index is 2.08. The van der Waals surface area contributed by atoms with E-state index in [0.29, 0.717) is 18.1 Å². The predicted molar refractivity (Wildman–Crippen MR) is 59.5 cm³/mol. The molecule has 0 aliphatic heterocycles. The lowest BCUT2D eigenvalue weighted by atomic mass is 10.2. The first-order chi connectivity index (χ1) is 7.75. The molecule has 2 N–H and O–H groups in total. The molecule has 2 aromatic rings. The van der Waals surface area contributed by atoms with Gasteiger partial charge in [-0.15, -0.1) is 0 Å². The molecule has 0 saturated carbocycles. The third kappa shape index (κ3) is 2.64. The first-order valence-corrected chi connectivity index (χ1v) is 5.25. The Labute approximate surface area is 93.7 Å². The average Bonchev–Trinajstić information content (AvgIpc) is 2.76. The zero-order valence-corrected chi connectivity index (χ0v) is 9.13. The maximum absolute atomic E-state index is 5.66. The second-order valence-corrected chi connectivity index (χ2v) is 3.74. The van der Waals surface area contributed by atoms with E-state index in [0.717, 1.165) is 12.1 Å². The number of nitrogens with two attached hydrogens (primary N) is 1. The number of nitrogens with zero attached hydrogens (tertiary/aromatic N) is 3. The summed E-state index contributed by atoms with van der Waals surface area (Å²) in [6.45, 7) is 1.95. The molecule has 0 aliphatic carbocycles. The van der Waals surface area contributed by atoms with Gasteiger partial charge in [0, 0.05) is 18.7 Å². The Kier molecular flexibility index (Phi) is 3.26. The van der Waals surface area contributed by atoms with Crippen molar-refractivity contribution in [2.75, 3.05) is 0 Å². The number of aromatic nitrogens is 3. The molecule has 2 rings (SSSR count). The molecule has 1 atom stereocenters. The molecule has 0 aromatic carbocycles. The quantitative estimate of drug-likeness (QED) is 0.839. The van der Waals surface area contributed by atoms with Gasteiger partial charge < -0.3 is 10.3 Å². The zero-order chi connectivity index (χ0) is 11.4. The van der Waals surface area contributed by atoms with Gasteiger partial charge in [-0.2, -0.15) is 4.98 Å². The lowest BCUT2D eigenvalue weighted by Crippen LogP contribution is -2.15. The molecule has 0 saturated heterocycles. The van der Waals surface area contributed by atoms with Gasteiger partial charge in [-0.3, -0.25) is 4.98 Å². The summed E-state index contributed by atoms with van der Waals surface area (Å²) in [6.07, 6.45) is 3.24. The Bertz CT molecular complexity index is 438. The van der Waals surface area contributed by atoms with Crippen molar-refractivity contribution >= 4 is 0 Å². The number of pyridine rings is 1. The van der Waals surface area contributed by atoms with Crippen molar-refractivity contribution < 1.29 is 4.52 Å². The summed E-state index contributed by atoms with van der Waals surface area (Å²) in [5.74, 6) is 1.14. The van der Waals surface area contributed by atoms with Gasteiger partial charge in [-0.05, 0) is 25.5 Å². The molecular weight excluding hydrogens is 204 g/mol. The predicted octanol–water partition coefficient (Wildman–Crippen LogP) is 1.41. The molecule has 0 aliphatic rings. The Morgan fingerprint density at radius 3 is 3.00 bits per heavy atom. The number of rotatable bonds is 4. The van der Waals surface area contributed by atoms with E-state index in [4.69, 9.17) is 10.3 Å². The van der Waals surface area contributed by atoms with E-state index in [9.17, 15) is 0 Å². The summed E-state index contributed by atoms with van der Waals surface area (Å²) in [5.41, 5.74) is 6.38. The molecule has 1 unspecified atom stereocenters. The standard InChI is InChI=1S/C11H14N4O/c1-8(12)5-6-10-14-11(15-16-10)9-4-2-3-7-13-9/h2-4,7-8H,5-6,12H2,1H3. The molecule has 5 heteroatoms. The second kappa shape index (κ2) is 4.85. The summed E-state index contributed by atoms with van der Waals surface area (Å²) in [4.78, 5) is 8.40. The summed E-state index contributed by atoms with van der Waals surface area (Å²) in [7, 11) is 0. The van der Waals surface area contributed by atoms with Gasteiger partial charge in [0.2, 0.25) is 11.7 Å². The zero-order valence-electron chi connectivity index (χ0n) is 9.13. The fourth-order valence-corrected chi connectivity index (χ4v) is 1.31. The van der Waals surface area contributed by atoms with E-state index in [-0.39, 0.29) is 6.04 Å². The highest BCUT2D eigenvalue weighted by Gasteiger charge is 2.09. The van der Waals surface area contributed by atoms with Crippen molar-refractivity contribution in [1.29, 1.82) is 0 Å². The topological polar surface area (TPSA) is 77.8 Å². The molecule has 0 fully saturated rings. The monoisotopic (exact) mass is 218 g/mol. The van der Waals surface area contributed by atoms with Gasteiger partial charge >= 0.3 is 0 Å². The fraction of sp³-hybridized carbons (Fsp3) is 0.364. The van der Waals surface area contributed by atoms with Gasteiger partial charge in [-0.1, -0.05) is 11.2 Å². The van der Waals surface area contributed by atoms with Crippen molar-refractivity contribution in [3.8, 4) is 11.5 Å². The van der Waals surface area contributed by atoms with Crippen molar-refractivity contribution in [1.82, 2.24) is 15.1 Å². The van der Waals surface area contributed by atoms with E-state index >= 15 is 0 Å². The lowest BCUT2D eigenvalue weighted by Gasteiger charge is -1.99. The van der Waals surface area contributed by atoms with Crippen LogP contribution in [0.5, 0.6) is 0 Å². The first-order valence-electron chi connectivity index (χ1n) is 5.25. The second-order valence-electron chi connectivity index (χ2n) is 3.74. The van der Waals surface area contributed by atoms with Gasteiger partial charge in [0.05, 0.1) is 0 Å². The molecule has 0 radical (unpaired) electrons. The SMILES string of the molecule is CC(N)CCc1nc(-c2ccccn2)no1. The highest BCUT2D eigenvalue weighted by atomic mass is 16.5. The number of hydrogen-bond donors (Lipinski definition) is 1. The van der Waals surface area contributed by atoms with Crippen LogP contribution in [0.4, 0.5) is 0 Å². The number of aryl methyl sites for hydroxylation is 1. The molecule has 2 aromatic heterocycles. The van der Waals surface area contributed by atoms with Gasteiger partial charge in [0.1, 0.15) is 5.69 Å². The van der Waals surface area contributed by atoms with Crippen LogP contribution in [0.2, 0.25) is 0 Å². The van der Waals surface area contributed by atoms with Crippen LogP contribution in [0, 0.1) is 0 Å². The minimum Gasteiger partial charge on any atom is -0.339 e. The van der Waals surface area contributed by atoms with Crippen LogP contribution in [0.15, 0.2) is 28.9 Å².